The van der Waals surface area contributed by atoms with Gasteiger partial charge in [-0.1, -0.05) is 39.8 Å². The fourth-order valence-corrected chi connectivity index (χ4v) is 2.00. The third-order valence-electron chi connectivity index (χ3n) is 3.40. The summed E-state index contributed by atoms with van der Waals surface area (Å²) >= 11 is 0. The molecule has 0 aliphatic rings. The molecule has 1 atom stereocenters. The SMILES string of the molecule is CC(C)c1ccc(NC(=O)NC(CCO)C(C)C)cc1. The number of carbonyl (C=O) groups excluding carboxylic acids is 1. The Morgan fingerprint density at radius 2 is 1.75 bits per heavy atom. The van der Waals surface area contributed by atoms with E-state index in [0.717, 1.165) is 5.69 Å². The Kier molecular flexibility index (Phi) is 6.52. The van der Waals surface area contributed by atoms with Crippen LogP contribution in [0.3, 0.4) is 0 Å². The van der Waals surface area contributed by atoms with Gasteiger partial charge in [0, 0.05) is 18.3 Å². The van der Waals surface area contributed by atoms with Gasteiger partial charge in [-0.15, -0.1) is 0 Å². The van der Waals surface area contributed by atoms with E-state index in [4.69, 9.17) is 5.11 Å². The van der Waals surface area contributed by atoms with Gasteiger partial charge in [-0.25, -0.2) is 4.79 Å². The Morgan fingerprint density at radius 3 is 2.20 bits per heavy atom. The average molecular weight is 278 g/mol. The van der Waals surface area contributed by atoms with Crippen LogP contribution in [0.25, 0.3) is 0 Å². The van der Waals surface area contributed by atoms with Crippen LogP contribution in [-0.2, 0) is 0 Å². The van der Waals surface area contributed by atoms with Gasteiger partial charge in [0.25, 0.3) is 0 Å². The van der Waals surface area contributed by atoms with Crippen molar-refractivity contribution in [2.75, 3.05) is 11.9 Å². The molecule has 2 amide bonds. The van der Waals surface area contributed by atoms with Gasteiger partial charge < -0.3 is 15.7 Å². The zero-order valence-electron chi connectivity index (χ0n) is 12.8. The first kappa shape index (κ1) is 16.5. The molecule has 0 saturated carbocycles. The van der Waals surface area contributed by atoms with Gasteiger partial charge >= 0.3 is 6.03 Å². The molecule has 0 radical (unpaired) electrons. The summed E-state index contributed by atoms with van der Waals surface area (Å²) < 4.78 is 0. The number of hydrogen-bond acceptors (Lipinski definition) is 2. The van der Waals surface area contributed by atoms with Crippen molar-refractivity contribution in [3.63, 3.8) is 0 Å². The second-order valence-electron chi connectivity index (χ2n) is 5.74. The third-order valence-corrected chi connectivity index (χ3v) is 3.40. The van der Waals surface area contributed by atoms with Crippen LogP contribution in [0.4, 0.5) is 10.5 Å². The summed E-state index contributed by atoms with van der Waals surface area (Å²) in [6.45, 7) is 8.40. The highest BCUT2D eigenvalue weighted by atomic mass is 16.3. The zero-order valence-corrected chi connectivity index (χ0v) is 12.8. The Hall–Kier alpha value is -1.55. The summed E-state index contributed by atoms with van der Waals surface area (Å²) in [6.07, 6.45) is 0.567. The van der Waals surface area contributed by atoms with E-state index in [1.54, 1.807) is 0 Å². The van der Waals surface area contributed by atoms with E-state index in [-0.39, 0.29) is 24.6 Å². The lowest BCUT2D eigenvalue weighted by molar-refractivity contribution is 0.227. The van der Waals surface area contributed by atoms with E-state index in [2.05, 4.69) is 24.5 Å². The van der Waals surface area contributed by atoms with Crippen molar-refractivity contribution in [3.05, 3.63) is 29.8 Å². The predicted octanol–water partition coefficient (Wildman–Crippen LogP) is 3.34. The molecule has 4 nitrogen and oxygen atoms in total. The molecule has 0 heterocycles. The molecular weight excluding hydrogens is 252 g/mol. The molecular formula is C16H26N2O2. The third kappa shape index (κ3) is 5.21. The number of benzene rings is 1. The Morgan fingerprint density at radius 1 is 1.15 bits per heavy atom. The molecule has 1 rings (SSSR count). The highest BCUT2D eigenvalue weighted by Crippen LogP contribution is 2.17. The van der Waals surface area contributed by atoms with Crippen LogP contribution in [0.2, 0.25) is 0 Å². The van der Waals surface area contributed by atoms with Crippen molar-refractivity contribution in [3.8, 4) is 0 Å². The lowest BCUT2D eigenvalue weighted by Crippen LogP contribution is -2.41. The maximum Gasteiger partial charge on any atom is 0.319 e. The first-order valence-electron chi connectivity index (χ1n) is 7.22. The standard InChI is InChI=1S/C16H26N2O2/c1-11(2)13-5-7-14(8-6-13)17-16(20)18-15(9-10-19)12(3)4/h5-8,11-12,15,19H,9-10H2,1-4H3,(H2,17,18,20). The molecule has 0 aliphatic carbocycles. The Bertz CT molecular complexity index is 413. The minimum atomic E-state index is -0.227. The summed E-state index contributed by atoms with van der Waals surface area (Å²) in [7, 11) is 0. The average Bonchev–Trinajstić information content (AvgIpc) is 2.38. The number of hydrogen-bond donors (Lipinski definition) is 3. The number of urea groups is 1. The fourth-order valence-electron chi connectivity index (χ4n) is 2.00. The number of rotatable bonds is 6. The van der Waals surface area contributed by atoms with Gasteiger partial charge in [0.1, 0.15) is 0 Å². The molecule has 1 unspecified atom stereocenters. The van der Waals surface area contributed by atoms with Gasteiger partial charge in [0.15, 0.2) is 0 Å². The van der Waals surface area contributed by atoms with Gasteiger partial charge in [-0.05, 0) is 36.0 Å². The second-order valence-corrected chi connectivity index (χ2v) is 5.74. The van der Waals surface area contributed by atoms with E-state index in [1.165, 1.54) is 5.56 Å². The lowest BCUT2D eigenvalue weighted by Gasteiger charge is -2.21. The van der Waals surface area contributed by atoms with Crippen molar-refractivity contribution < 1.29 is 9.90 Å². The van der Waals surface area contributed by atoms with Gasteiger partial charge in [0.2, 0.25) is 0 Å². The van der Waals surface area contributed by atoms with E-state index in [1.807, 2.05) is 38.1 Å². The fraction of sp³-hybridized carbons (Fsp3) is 0.562. The maximum absolute atomic E-state index is 11.9. The summed E-state index contributed by atoms with van der Waals surface area (Å²) in [5.74, 6) is 0.768. The van der Waals surface area contributed by atoms with Crippen LogP contribution in [-0.4, -0.2) is 23.8 Å². The van der Waals surface area contributed by atoms with E-state index in [9.17, 15) is 4.79 Å². The van der Waals surface area contributed by atoms with Crippen LogP contribution >= 0.6 is 0 Å². The minimum Gasteiger partial charge on any atom is -0.396 e. The molecule has 1 aromatic carbocycles. The molecule has 4 heteroatoms. The highest BCUT2D eigenvalue weighted by Gasteiger charge is 2.15. The summed E-state index contributed by atoms with van der Waals surface area (Å²) in [5.41, 5.74) is 2.02. The Balaban J connectivity index is 2.57. The number of carbonyl (C=O) groups is 1. The van der Waals surface area contributed by atoms with Crippen molar-refractivity contribution in [1.82, 2.24) is 5.32 Å². The molecule has 112 valence electrons. The number of nitrogens with one attached hydrogen (secondary N) is 2. The maximum atomic E-state index is 11.9. The van der Waals surface area contributed by atoms with E-state index < -0.39 is 0 Å². The number of aliphatic hydroxyl groups excluding tert-OH is 1. The summed E-state index contributed by atoms with van der Waals surface area (Å²) in [4.78, 5) is 11.9. The van der Waals surface area contributed by atoms with Crippen LogP contribution < -0.4 is 10.6 Å². The van der Waals surface area contributed by atoms with Crippen LogP contribution in [0, 0.1) is 5.92 Å². The largest absolute Gasteiger partial charge is 0.396 e. The first-order valence-corrected chi connectivity index (χ1v) is 7.22. The van der Waals surface area contributed by atoms with Crippen LogP contribution in [0.1, 0.15) is 45.6 Å². The van der Waals surface area contributed by atoms with Gasteiger partial charge in [-0.3, -0.25) is 0 Å². The van der Waals surface area contributed by atoms with Crippen molar-refractivity contribution in [2.45, 2.75) is 46.1 Å². The van der Waals surface area contributed by atoms with E-state index >= 15 is 0 Å². The summed E-state index contributed by atoms with van der Waals surface area (Å²) in [6, 6.07) is 7.61. The number of amides is 2. The summed E-state index contributed by atoms with van der Waals surface area (Å²) in [5, 5.41) is 14.7. The van der Waals surface area contributed by atoms with Gasteiger partial charge in [0.05, 0.1) is 0 Å². The van der Waals surface area contributed by atoms with Crippen molar-refractivity contribution in [2.24, 2.45) is 5.92 Å². The quantitative estimate of drug-likeness (QED) is 0.747. The molecule has 0 fully saturated rings. The molecule has 20 heavy (non-hydrogen) atoms. The van der Waals surface area contributed by atoms with Crippen LogP contribution in [0.15, 0.2) is 24.3 Å². The monoisotopic (exact) mass is 278 g/mol. The molecule has 0 spiro atoms. The molecule has 1 aromatic rings. The molecule has 3 N–H and O–H groups in total. The van der Waals surface area contributed by atoms with E-state index in [0.29, 0.717) is 12.3 Å². The predicted molar refractivity (Wildman–Crippen MR) is 83.0 cm³/mol. The lowest BCUT2D eigenvalue weighted by atomic mass is 10.0. The molecule has 0 aliphatic heterocycles. The number of anilines is 1. The van der Waals surface area contributed by atoms with Crippen molar-refractivity contribution in [1.29, 1.82) is 0 Å². The first-order chi connectivity index (χ1) is 9.43. The molecule has 0 bridgehead atoms. The normalized spacial score (nSPS) is 12.6. The van der Waals surface area contributed by atoms with Crippen LogP contribution in [0.5, 0.6) is 0 Å². The smallest absolute Gasteiger partial charge is 0.319 e. The topological polar surface area (TPSA) is 61.4 Å². The highest BCUT2D eigenvalue weighted by molar-refractivity contribution is 5.89. The Labute approximate surface area is 121 Å². The van der Waals surface area contributed by atoms with Crippen molar-refractivity contribution >= 4 is 11.7 Å². The number of aliphatic hydroxyl groups is 1. The van der Waals surface area contributed by atoms with Gasteiger partial charge in [-0.2, -0.15) is 0 Å². The molecule has 0 aromatic heterocycles. The zero-order chi connectivity index (χ0) is 15.1. The minimum absolute atomic E-state index is 0.0186. The molecule has 0 saturated heterocycles. The second kappa shape index (κ2) is 7.90.